The highest BCUT2D eigenvalue weighted by atomic mass is 16.5. The molecular formula is C18H20N4O3. The van der Waals surface area contributed by atoms with Gasteiger partial charge in [-0.2, -0.15) is 5.26 Å². The van der Waals surface area contributed by atoms with Gasteiger partial charge in [0.1, 0.15) is 6.07 Å². The zero-order chi connectivity index (χ0) is 18.6. The van der Waals surface area contributed by atoms with Crippen molar-refractivity contribution in [1.29, 1.82) is 5.26 Å². The van der Waals surface area contributed by atoms with Gasteiger partial charge in [0.05, 0.1) is 18.4 Å². The molecule has 2 rings (SSSR count). The summed E-state index contributed by atoms with van der Waals surface area (Å²) in [5.41, 5.74) is 7.12. The fourth-order valence-electron chi connectivity index (χ4n) is 2.31. The first-order chi connectivity index (χ1) is 11.9. The number of carbonyl (C=O) groups excluding carboxylic acids is 2. The summed E-state index contributed by atoms with van der Waals surface area (Å²) >= 11 is 0. The predicted molar refractivity (Wildman–Crippen MR) is 93.4 cm³/mol. The molecule has 1 aromatic carbocycles. The van der Waals surface area contributed by atoms with E-state index in [9.17, 15) is 9.59 Å². The number of nitrogens with one attached hydrogen (secondary N) is 1. The average Bonchev–Trinajstić information content (AvgIpc) is 2.95. The van der Waals surface area contributed by atoms with Gasteiger partial charge in [0, 0.05) is 24.0 Å². The van der Waals surface area contributed by atoms with E-state index in [0.717, 1.165) is 0 Å². The fourth-order valence-corrected chi connectivity index (χ4v) is 2.31. The first-order valence-electron chi connectivity index (χ1n) is 7.76. The number of rotatable bonds is 5. The van der Waals surface area contributed by atoms with Crippen molar-refractivity contribution in [3.8, 4) is 11.8 Å². The zero-order valence-electron chi connectivity index (χ0n) is 14.4. The molecule has 0 aliphatic rings. The molecule has 130 valence electrons. The lowest BCUT2D eigenvalue weighted by Gasteiger charge is -2.11. The number of methoxy groups -OCH3 is 1. The van der Waals surface area contributed by atoms with Crippen LogP contribution in [0.1, 0.15) is 40.3 Å². The summed E-state index contributed by atoms with van der Waals surface area (Å²) in [6.07, 6.45) is 1.45. The van der Waals surface area contributed by atoms with Crippen LogP contribution >= 0.6 is 0 Å². The fraction of sp³-hybridized carbons (Fsp3) is 0.278. The highest BCUT2D eigenvalue weighted by molar-refractivity contribution is 5.97. The molecule has 0 aliphatic heterocycles. The van der Waals surface area contributed by atoms with Gasteiger partial charge in [0.25, 0.3) is 5.91 Å². The summed E-state index contributed by atoms with van der Waals surface area (Å²) < 4.78 is 6.21. The number of hydrogen-bond donors (Lipinski definition) is 2. The molecule has 0 fully saturated rings. The molecule has 0 saturated heterocycles. The van der Waals surface area contributed by atoms with Crippen LogP contribution < -0.4 is 11.1 Å². The molecule has 25 heavy (non-hydrogen) atoms. The van der Waals surface area contributed by atoms with E-state index in [4.69, 9.17) is 15.7 Å². The van der Waals surface area contributed by atoms with Gasteiger partial charge in [-0.1, -0.05) is 19.9 Å². The molecule has 0 unspecified atom stereocenters. The number of anilines is 1. The summed E-state index contributed by atoms with van der Waals surface area (Å²) in [5.74, 6) is -0.537. The van der Waals surface area contributed by atoms with E-state index in [1.807, 2.05) is 19.9 Å². The number of nitrogen functional groups attached to an aromatic ring is 1. The average molecular weight is 340 g/mol. The number of nitrogens with zero attached hydrogens (tertiary/aromatic N) is 2. The van der Waals surface area contributed by atoms with Crippen LogP contribution in [-0.4, -0.2) is 30.1 Å². The van der Waals surface area contributed by atoms with Crippen LogP contribution in [0, 0.1) is 17.2 Å². The van der Waals surface area contributed by atoms with Crippen molar-refractivity contribution in [1.82, 2.24) is 9.88 Å². The Balaban J connectivity index is 2.46. The highest BCUT2D eigenvalue weighted by Crippen LogP contribution is 2.25. The number of amides is 1. The molecule has 0 saturated carbocycles. The quantitative estimate of drug-likeness (QED) is 0.810. The van der Waals surface area contributed by atoms with Crippen LogP contribution in [-0.2, 0) is 4.74 Å². The van der Waals surface area contributed by atoms with Crippen LogP contribution in [0.3, 0.4) is 0 Å². The van der Waals surface area contributed by atoms with Crippen LogP contribution in [0.4, 0.5) is 5.69 Å². The molecule has 1 amide bonds. The van der Waals surface area contributed by atoms with Gasteiger partial charge in [0.2, 0.25) is 0 Å². The van der Waals surface area contributed by atoms with Crippen LogP contribution in [0.25, 0.3) is 5.69 Å². The summed E-state index contributed by atoms with van der Waals surface area (Å²) in [6.45, 7) is 4.57. The molecular weight excluding hydrogens is 320 g/mol. The van der Waals surface area contributed by atoms with Crippen molar-refractivity contribution in [2.45, 2.75) is 13.8 Å². The Morgan fingerprint density at radius 2 is 2.12 bits per heavy atom. The minimum atomic E-state index is -0.659. The smallest absolute Gasteiger partial charge is 0.357 e. The maximum Gasteiger partial charge on any atom is 0.357 e. The van der Waals surface area contributed by atoms with E-state index in [-0.39, 0.29) is 22.9 Å². The third-order valence-corrected chi connectivity index (χ3v) is 3.60. The van der Waals surface area contributed by atoms with Crippen molar-refractivity contribution in [3.05, 3.63) is 47.3 Å². The van der Waals surface area contributed by atoms with Crippen molar-refractivity contribution < 1.29 is 14.3 Å². The standard InChI is InChI=1S/C18H20N4O3/c1-11(2)9-21-17(23)12-5-4-6-14(7-12)22-10-13(8-19)15(20)16(22)18(24)25-3/h4-7,10-11H,9,20H2,1-3H3,(H,21,23). The Kier molecular flexibility index (Phi) is 5.45. The van der Waals surface area contributed by atoms with Crippen molar-refractivity contribution in [2.24, 2.45) is 5.92 Å². The Bertz CT molecular complexity index is 846. The Morgan fingerprint density at radius 3 is 2.72 bits per heavy atom. The molecule has 2 aromatic rings. The third-order valence-electron chi connectivity index (χ3n) is 3.60. The lowest BCUT2D eigenvalue weighted by Crippen LogP contribution is -2.27. The van der Waals surface area contributed by atoms with E-state index >= 15 is 0 Å². The summed E-state index contributed by atoms with van der Waals surface area (Å²) in [4.78, 5) is 24.3. The van der Waals surface area contributed by atoms with Crippen molar-refractivity contribution in [3.63, 3.8) is 0 Å². The molecule has 7 heteroatoms. The minimum absolute atomic E-state index is 0.0454. The largest absolute Gasteiger partial charge is 0.464 e. The maximum atomic E-state index is 12.2. The van der Waals surface area contributed by atoms with E-state index in [2.05, 4.69) is 5.32 Å². The monoisotopic (exact) mass is 340 g/mol. The van der Waals surface area contributed by atoms with Crippen LogP contribution in [0.2, 0.25) is 0 Å². The van der Waals surface area contributed by atoms with Gasteiger partial charge >= 0.3 is 5.97 Å². The maximum absolute atomic E-state index is 12.2. The molecule has 0 bridgehead atoms. The number of carbonyl (C=O) groups is 2. The van der Waals surface area contributed by atoms with Gasteiger partial charge in [-0.15, -0.1) is 0 Å². The second-order valence-corrected chi connectivity index (χ2v) is 5.93. The Hall–Kier alpha value is -3.27. The first-order valence-corrected chi connectivity index (χ1v) is 7.76. The number of nitriles is 1. The predicted octanol–water partition coefficient (Wildman–Crippen LogP) is 2.10. The number of ether oxygens (including phenoxy) is 1. The zero-order valence-corrected chi connectivity index (χ0v) is 14.4. The Morgan fingerprint density at radius 1 is 1.40 bits per heavy atom. The van der Waals surface area contributed by atoms with Crippen LogP contribution in [0.5, 0.6) is 0 Å². The van der Waals surface area contributed by atoms with Gasteiger partial charge < -0.3 is 20.4 Å². The Labute approximate surface area is 146 Å². The topological polar surface area (TPSA) is 110 Å². The lowest BCUT2D eigenvalue weighted by atomic mass is 10.1. The number of aromatic nitrogens is 1. The number of nitrogens with two attached hydrogens (primary N) is 1. The van der Waals surface area contributed by atoms with Gasteiger partial charge in [-0.05, 0) is 24.1 Å². The second-order valence-electron chi connectivity index (χ2n) is 5.93. The van der Waals surface area contributed by atoms with Crippen LogP contribution in [0.15, 0.2) is 30.5 Å². The molecule has 3 N–H and O–H groups in total. The van der Waals surface area contributed by atoms with E-state index in [1.165, 1.54) is 17.9 Å². The van der Waals surface area contributed by atoms with E-state index in [1.54, 1.807) is 24.3 Å². The SMILES string of the molecule is COC(=O)c1c(N)c(C#N)cn1-c1cccc(C(=O)NCC(C)C)c1. The van der Waals surface area contributed by atoms with Gasteiger partial charge in [-0.25, -0.2) is 4.79 Å². The molecule has 0 atom stereocenters. The minimum Gasteiger partial charge on any atom is -0.464 e. The molecule has 7 nitrogen and oxygen atoms in total. The first kappa shape index (κ1) is 18.1. The molecule has 0 aliphatic carbocycles. The molecule has 1 heterocycles. The number of hydrogen-bond acceptors (Lipinski definition) is 5. The summed E-state index contributed by atoms with van der Waals surface area (Å²) in [5, 5.41) is 12.0. The number of esters is 1. The van der Waals surface area contributed by atoms with Gasteiger partial charge in [-0.3, -0.25) is 4.79 Å². The van der Waals surface area contributed by atoms with E-state index in [0.29, 0.717) is 23.7 Å². The summed E-state index contributed by atoms with van der Waals surface area (Å²) in [6, 6.07) is 8.66. The molecule has 1 aromatic heterocycles. The molecule has 0 spiro atoms. The second kappa shape index (κ2) is 7.53. The summed E-state index contributed by atoms with van der Waals surface area (Å²) in [7, 11) is 1.24. The molecule has 0 radical (unpaired) electrons. The van der Waals surface area contributed by atoms with E-state index < -0.39 is 5.97 Å². The number of benzene rings is 1. The normalized spacial score (nSPS) is 10.4. The van der Waals surface area contributed by atoms with Crippen molar-refractivity contribution >= 4 is 17.6 Å². The third kappa shape index (κ3) is 3.80. The van der Waals surface area contributed by atoms with Crippen molar-refractivity contribution in [2.75, 3.05) is 19.4 Å². The lowest BCUT2D eigenvalue weighted by molar-refractivity contribution is 0.0593. The highest BCUT2D eigenvalue weighted by Gasteiger charge is 2.22. The van der Waals surface area contributed by atoms with Gasteiger partial charge in [0.15, 0.2) is 5.69 Å².